The van der Waals surface area contributed by atoms with Gasteiger partial charge in [-0.3, -0.25) is 0 Å². The molecular weight excluding hydrogens is 322 g/mol. The van der Waals surface area contributed by atoms with E-state index >= 15 is 0 Å². The van der Waals surface area contributed by atoms with Crippen LogP contribution in [0.15, 0.2) is 30.6 Å². The molecule has 26 heavy (non-hydrogen) atoms. The Morgan fingerprint density at radius 1 is 1.15 bits per heavy atom. The molecule has 5 nitrogen and oxygen atoms in total. The number of para-hydroxylation sites is 1. The molecule has 2 aromatic rings. The zero-order chi connectivity index (χ0) is 18.5. The third-order valence-corrected chi connectivity index (χ3v) is 5.95. The molecule has 2 fully saturated rings. The first-order chi connectivity index (χ1) is 12.3. The standard InChI is InChI=1S/C21H29N5/c1-14-7-5-6-8-16(14)25-18-17(22)19(24-13-23-18)26-12-21(4)10-15(26)9-20(2,3)11-21/h5-8,13,15H,9-12,22H2,1-4H3,(H,23,24,25). The Bertz CT molecular complexity index is 831. The minimum atomic E-state index is 0.341. The normalized spacial score (nSPS) is 26.8. The number of fused-ring (bicyclic) bond motifs is 2. The maximum Gasteiger partial charge on any atom is 0.159 e. The highest BCUT2D eigenvalue weighted by atomic mass is 15.3. The van der Waals surface area contributed by atoms with Crippen LogP contribution in [0, 0.1) is 17.8 Å². The second-order valence-corrected chi connectivity index (χ2v) is 9.24. The fraction of sp³-hybridized carbons (Fsp3) is 0.524. The lowest BCUT2D eigenvalue weighted by atomic mass is 9.65. The molecule has 4 rings (SSSR count). The van der Waals surface area contributed by atoms with Gasteiger partial charge in [0.15, 0.2) is 11.6 Å². The summed E-state index contributed by atoms with van der Waals surface area (Å²) in [6.45, 7) is 10.3. The number of hydrogen-bond acceptors (Lipinski definition) is 5. The number of aromatic nitrogens is 2. The van der Waals surface area contributed by atoms with Crippen molar-refractivity contribution >= 4 is 23.0 Å². The number of aryl methyl sites for hydroxylation is 1. The van der Waals surface area contributed by atoms with E-state index in [9.17, 15) is 0 Å². The summed E-state index contributed by atoms with van der Waals surface area (Å²) in [7, 11) is 0. The van der Waals surface area contributed by atoms with E-state index in [0.717, 1.165) is 18.1 Å². The third-order valence-electron chi connectivity index (χ3n) is 5.95. The van der Waals surface area contributed by atoms with Crippen LogP contribution in [-0.4, -0.2) is 22.6 Å². The molecule has 2 heterocycles. The topological polar surface area (TPSA) is 67.1 Å². The highest BCUT2D eigenvalue weighted by Crippen LogP contribution is 2.54. The van der Waals surface area contributed by atoms with Crippen LogP contribution in [0.1, 0.15) is 45.6 Å². The van der Waals surface area contributed by atoms with Gasteiger partial charge in [0.25, 0.3) is 0 Å². The van der Waals surface area contributed by atoms with Gasteiger partial charge in [-0.1, -0.05) is 39.0 Å². The molecule has 1 aromatic carbocycles. The summed E-state index contributed by atoms with van der Waals surface area (Å²) in [5.41, 5.74) is 10.1. The summed E-state index contributed by atoms with van der Waals surface area (Å²) in [5, 5.41) is 3.39. The quantitative estimate of drug-likeness (QED) is 0.851. The van der Waals surface area contributed by atoms with Crippen molar-refractivity contribution in [3.05, 3.63) is 36.2 Å². The van der Waals surface area contributed by atoms with Crippen molar-refractivity contribution in [2.45, 2.75) is 53.0 Å². The van der Waals surface area contributed by atoms with Crippen LogP contribution in [0.3, 0.4) is 0 Å². The van der Waals surface area contributed by atoms with E-state index in [4.69, 9.17) is 5.73 Å². The lowest BCUT2D eigenvalue weighted by molar-refractivity contribution is 0.136. The van der Waals surface area contributed by atoms with E-state index in [1.807, 2.05) is 18.2 Å². The van der Waals surface area contributed by atoms with Gasteiger partial charge in [-0.2, -0.15) is 0 Å². The van der Waals surface area contributed by atoms with Gasteiger partial charge in [0, 0.05) is 18.3 Å². The molecule has 2 aliphatic rings. The maximum absolute atomic E-state index is 6.53. The summed E-state index contributed by atoms with van der Waals surface area (Å²) < 4.78 is 0. The van der Waals surface area contributed by atoms with Crippen molar-refractivity contribution in [1.82, 2.24) is 9.97 Å². The van der Waals surface area contributed by atoms with Crippen LogP contribution in [0.5, 0.6) is 0 Å². The van der Waals surface area contributed by atoms with E-state index in [0.29, 0.717) is 28.4 Å². The van der Waals surface area contributed by atoms with E-state index in [2.05, 4.69) is 53.9 Å². The van der Waals surface area contributed by atoms with Crippen molar-refractivity contribution in [2.24, 2.45) is 10.8 Å². The molecule has 1 aromatic heterocycles. The molecular formula is C21H29N5. The number of hydrogen-bond donors (Lipinski definition) is 2. The predicted molar refractivity (Wildman–Crippen MR) is 108 cm³/mol. The van der Waals surface area contributed by atoms with E-state index < -0.39 is 0 Å². The van der Waals surface area contributed by atoms with Crippen LogP contribution in [0.4, 0.5) is 23.0 Å². The van der Waals surface area contributed by atoms with Crippen LogP contribution >= 0.6 is 0 Å². The average molecular weight is 351 g/mol. The zero-order valence-electron chi connectivity index (χ0n) is 16.2. The predicted octanol–water partition coefficient (Wildman–Crippen LogP) is 4.52. The lowest BCUT2D eigenvalue weighted by Crippen LogP contribution is -2.35. The third kappa shape index (κ3) is 3.00. The molecule has 1 aliphatic carbocycles. The molecule has 2 bridgehead atoms. The summed E-state index contributed by atoms with van der Waals surface area (Å²) in [6, 6.07) is 8.67. The fourth-order valence-corrected chi connectivity index (χ4v) is 5.26. The monoisotopic (exact) mass is 351 g/mol. The molecule has 0 radical (unpaired) electrons. The van der Waals surface area contributed by atoms with Gasteiger partial charge < -0.3 is 16.0 Å². The first-order valence-electron chi connectivity index (χ1n) is 9.46. The fourth-order valence-electron chi connectivity index (χ4n) is 5.26. The number of nitrogens with one attached hydrogen (secondary N) is 1. The van der Waals surface area contributed by atoms with Crippen LogP contribution < -0.4 is 16.0 Å². The minimum Gasteiger partial charge on any atom is -0.393 e. The SMILES string of the molecule is Cc1ccccc1Nc1ncnc(N2CC3(C)CC2CC(C)(C)C3)c1N. The number of anilines is 4. The second-order valence-electron chi connectivity index (χ2n) is 9.24. The number of nitrogens with zero attached hydrogens (tertiary/aromatic N) is 3. The second kappa shape index (κ2) is 5.86. The first-order valence-corrected chi connectivity index (χ1v) is 9.46. The van der Waals surface area contributed by atoms with Gasteiger partial charge >= 0.3 is 0 Å². The molecule has 5 heteroatoms. The molecule has 2 atom stereocenters. The Balaban J connectivity index is 1.66. The van der Waals surface area contributed by atoms with Gasteiger partial charge in [0.05, 0.1) is 0 Å². The van der Waals surface area contributed by atoms with Crippen molar-refractivity contribution in [3.63, 3.8) is 0 Å². The average Bonchev–Trinajstić information content (AvgIpc) is 2.80. The molecule has 138 valence electrons. The maximum atomic E-state index is 6.53. The molecule has 1 saturated carbocycles. The molecule has 1 aliphatic heterocycles. The summed E-state index contributed by atoms with van der Waals surface area (Å²) in [5.74, 6) is 1.57. The Morgan fingerprint density at radius 3 is 2.69 bits per heavy atom. The van der Waals surface area contributed by atoms with Gasteiger partial charge in [-0.25, -0.2) is 9.97 Å². The van der Waals surface area contributed by atoms with Crippen molar-refractivity contribution in [1.29, 1.82) is 0 Å². The molecule has 0 spiro atoms. The summed E-state index contributed by atoms with van der Waals surface area (Å²) >= 11 is 0. The van der Waals surface area contributed by atoms with E-state index in [1.165, 1.54) is 24.8 Å². The van der Waals surface area contributed by atoms with Gasteiger partial charge in [-0.15, -0.1) is 0 Å². The zero-order valence-corrected chi connectivity index (χ0v) is 16.2. The number of rotatable bonds is 3. The van der Waals surface area contributed by atoms with Crippen molar-refractivity contribution < 1.29 is 0 Å². The van der Waals surface area contributed by atoms with Crippen LogP contribution in [-0.2, 0) is 0 Å². The molecule has 2 unspecified atom stereocenters. The highest BCUT2D eigenvalue weighted by molar-refractivity contribution is 5.79. The van der Waals surface area contributed by atoms with Gasteiger partial charge in [-0.05, 0) is 48.6 Å². The lowest BCUT2D eigenvalue weighted by Gasteiger charge is -2.39. The van der Waals surface area contributed by atoms with Crippen molar-refractivity contribution in [2.75, 3.05) is 22.5 Å². The van der Waals surface area contributed by atoms with E-state index in [1.54, 1.807) is 6.33 Å². The number of benzene rings is 1. The van der Waals surface area contributed by atoms with Gasteiger partial charge in [0.2, 0.25) is 0 Å². The van der Waals surface area contributed by atoms with Gasteiger partial charge in [0.1, 0.15) is 12.0 Å². The van der Waals surface area contributed by atoms with Crippen molar-refractivity contribution in [3.8, 4) is 0 Å². The first kappa shape index (κ1) is 17.1. The van der Waals surface area contributed by atoms with Crippen LogP contribution in [0.2, 0.25) is 0 Å². The largest absolute Gasteiger partial charge is 0.393 e. The molecule has 1 saturated heterocycles. The minimum absolute atomic E-state index is 0.341. The van der Waals surface area contributed by atoms with E-state index in [-0.39, 0.29) is 0 Å². The summed E-state index contributed by atoms with van der Waals surface area (Å²) in [6.07, 6.45) is 5.29. The smallest absolute Gasteiger partial charge is 0.159 e. The Hall–Kier alpha value is -2.30. The summed E-state index contributed by atoms with van der Waals surface area (Å²) in [4.78, 5) is 11.4. The highest BCUT2D eigenvalue weighted by Gasteiger charge is 2.50. The molecule has 3 N–H and O–H groups in total. The Morgan fingerprint density at radius 2 is 1.92 bits per heavy atom. The Labute approximate surface area is 156 Å². The number of nitrogen functional groups attached to an aromatic ring is 1. The number of nitrogens with two attached hydrogens (primary N) is 1. The molecule has 0 amide bonds. The Kier molecular flexibility index (Phi) is 3.86. The van der Waals surface area contributed by atoms with Crippen LogP contribution in [0.25, 0.3) is 0 Å².